The molecule has 7 heteroatoms. The van der Waals surface area contributed by atoms with Crippen LogP contribution in [0.5, 0.6) is 0 Å². The molecule has 118 valence electrons. The highest BCUT2D eigenvalue weighted by molar-refractivity contribution is 9.10. The summed E-state index contributed by atoms with van der Waals surface area (Å²) in [5, 5.41) is 10.4. The maximum Gasteiger partial charge on any atom is 0.277 e. The van der Waals surface area contributed by atoms with Crippen LogP contribution in [0.3, 0.4) is 0 Å². The first-order valence-corrected chi connectivity index (χ1v) is 9.31. The van der Waals surface area contributed by atoms with E-state index < -0.39 is 15.8 Å². The summed E-state index contributed by atoms with van der Waals surface area (Å²) in [5.74, 6) is 0. The van der Waals surface area contributed by atoms with Crippen molar-refractivity contribution in [1.82, 2.24) is 9.44 Å². The number of nitrogens with one attached hydrogen (secondary N) is 2. The van der Waals surface area contributed by atoms with Crippen LogP contribution in [0.4, 0.5) is 0 Å². The summed E-state index contributed by atoms with van der Waals surface area (Å²) in [7, 11) is -3.58. The van der Waals surface area contributed by atoms with Crippen molar-refractivity contribution in [3.8, 4) is 0 Å². The molecule has 1 atom stereocenters. The van der Waals surface area contributed by atoms with Crippen LogP contribution in [-0.2, 0) is 15.8 Å². The molecule has 1 aliphatic rings. The molecule has 2 rings (SSSR count). The summed E-state index contributed by atoms with van der Waals surface area (Å²) in [5.41, 5.74) is -0.597. The predicted octanol–water partition coefficient (Wildman–Crippen LogP) is 2.02. The minimum Gasteiger partial charge on any atom is -0.384 e. The Morgan fingerprint density at radius 3 is 2.43 bits per heavy atom. The van der Waals surface area contributed by atoms with Gasteiger partial charge in [0.2, 0.25) is 0 Å². The maximum atomic E-state index is 12.0. The van der Waals surface area contributed by atoms with Gasteiger partial charge in [-0.3, -0.25) is 0 Å². The summed E-state index contributed by atoms with van der Waals surface area (Å²) < 4.78 is 29.9. The molecule has 1 unspecified atom stereocenters. The lowest BCUT2D eigenvalue weighted by atomic mass is 9.97. The molecule has 3 N–H and O–H groups in total. The highest BCUT2D eigenvalue weighted by Crippen LogP contribution is 2.22. The zero-order chi connectivity index (χ0) is 15.5. The van der Waals surface area contributed by atoms with E-state index in [0.29, 0.717) is 5.56 Å². The fourth-order valence-electron chi connectivity index (χ4n) is 2.45. The third kappa shape index (κ3) is 5.03. The first-order chi connectivity index (χ1) is 9.78. The summed E-state index contributed by atoms with van der Waals surface area (Å²) in [6.07, 6.45) is 3.88. The van der Waals surface area contributed by atoms with Crippen molar-refractivity contribution >= 4 is 26.1 Å². The smallest absolute Gasteiger partial charge is 0.277 e. The lowest BCUT2D eigenvalue weighted by Crippen LogP contribution is -2.46. The normalized spacial score (nSPS) is 19.6. The standard InChI is InChI=1S/C14H21BrN2O3S/c1-14(18,11-6-8-12(15)9-7-11)10-16-21(19,20)17-13-4-2-3-5-13/h6-9,13,16-18H,2-5,10H2,1H3. The largest absolute Gasteiger partial charge is 0.384 e. The minimum absolute atomic E-state index is 0.0140. The van der Waals surface area contributed by atoms with E-state index in [-0.39, 0.29) is 12.6 Å². The van der Waals surface area contributed by atoms with Crippen molar-refractivity contribution < 1.29 is 13.5 Å². The highest BCUT2D eigenvalue weighted by Gasteiger charge is 2.27. The first kappa shape index (κ1) is 16.9. The van der Waals surface area contributed by atoms with Crippen molar-refractivity contribution in [3.05, 3.63) is 34.3 Å². The number of halogens is 1. The Morgan fingerprint density at radius 1 is 1.29 bits per heavy atom. The lowest BCUT2D eigenvalue weighted by Gasteiger charge is -2.25. The molecule has 1 fully saturated rings. The maximum absolute atomic E-state index is 12.0. The van der Waals surface area contributed by atoms with Crippen molar-refractivity contribution in [2.45, 2.75) is 44.2 Å². The first-order valence-electron chi connectivity index (χ1n) is 7.04. The van der Waals surface area contributed by atoms with Crippen LogP contribution >= 0.6 is 15.9 Å². The summed E-state index contributed by atoms with van der Waals surface area (Å²) in [6.45, 7) is 1.52. The van der Waals surface area contributed by atoms with E-state index in [1.54, 1.807) is 19.1 Å². The summed E-state index contributed by atoms with van der Waals surface area (Å²) >= 11 is 3.33. The van der Waals surface area contributed by atoms with Gasteiger partial charge in [-0.1, -0.05) is 40.9 Å². The Hall–Kier alpha value is -0.470. The molecule has 0 saturated heterocycles. The number of hydrogen-bond donors (Lipinski definition) is 3. The fourth-order valence-corrected chi connectivity index (χ4v) is 3.94. The Balaban J connectivity index is 1.95. The van der Waals surface area contributed by atoms with E-state index in [1.807, 2.05) is 12.1 Å². The van der Waals surface area contributed by atoms with Crippen LogP contribution in [0.15, 0.2) is 28.7 Å². The molecule has 5 nitrogen and oxygen atoms in total. The zero-order valence-electron chi connectivity index (χ0n) is 12.0. The second kappa shape index (κ2) is 6.75. The van der Waals surface area contributed by atoms with E-state index in [2.05, 4.69) is 25.4 Å². The summed E-state index contributed by atoms with van der Waals surface area (Å²) in [4.78, 5) is 0. The monoisotopic (exact) mass is 376 g/mol. The van der Waals surface area contributed by atoms with Crippen molar-refractivity contribution in [2.24, 2.45) is 0 Å². The predicted molar refractivity (Wildman–Crippen MR) is 86.0 cm³/mol. The Bertz CT molecular complexity index is 566. The number of benzene rings is 1. The van der Waals surface area contributed by atoms with E-state index in [4.69, 9.17) is 0 Å². The molecule has 0 spiro atoms. The number of rotatable bonds is 6. The lowest BCUT2D eigenvalue weighted by molar-refractivity contribution is 0.0626. The molecule has 0 aromatic heterocycles. The molecule has 0 radical (unpaired) electrons. The van der Waals surface area contributed by atoms with E-state index in [9.17, 15) is 13.5 Å². The average molecular weight is 377 g/mol. The number of aliphatic hydroxyl groups is 1. The molecular weight excluding hydrogens is 356 g/mol. The van der Waals surface area contributed by atoms with E-state index >= 15 is 0 Å². The van der Waals surface area contributed by atoms with Crippen molar-refractivity contribution in [3.63, 3.8) is 0 Å². The number of hydrogen-bond acceptors (Lipinski definition) is 3. The van der Waals surface area contributed by atoms with Gasteiger partial charge in [0, 0.05) is 17.1 Å². The van der Waals surface area contributed by atoms with Crippen LogP contribution in [0.25, 0.3) is 0 Å². The molecule has 1 aromatic carbocycles. The minimum atomic E-state index is -3.58. The summed E-state index contributed by atoms with van der Waals surface area (Å²) in [6, 6.07) is 7.18. The quantitative estimate of drug-likeness (QED) is 0.710. The van der Waals surface area contributed by atoms with Gasteiger partial charge in [-0.05, 0) is 37.5 Å². The van der Waals surface area contributed by atoms with Crippen LogP contribution < -0.4 is 9.44 Å². The molecule has 0 amide bonds. The third-order valence-corrected chi connectivity index (χ3v) is 5.45. The molecule has 0 bridgehead atoms. The van der Waals surface area contributed by atoms with Crippen LogP contribution in [0.2, 0.25) is 0 Å². The highest BCUT2D eigenvalue weighted by atomic mass is 79.9. The SMILES string of the molecule is CC(O)(CNS(=O)(=O)NC1CCCC1)c1ccc(Br)cc1. The molecule has 0 heterocycles. The van der Waals surface area contributed by atoms with E-state index in [0.717, 1.165) is 30.2 Å². The van der Waals surface area contributed by atoms with Crippen LogP contribution in [0.1, 0.15) is 38.2 Å². The van der Waals surface area contributed by atoms with Gasteiger partial charge < -0.3 is 5.11 Å². The molecule has 0 aliphatic heterocycles. The van der Waals surface area contributed by atoms with Gasteiger partial charge in [0.25, 0.3) is 10.2 Å². The van der Waals surface area contributed by atoms with Gasteiger partial charge >= 0.3 is 0 Å². The van der Waals surface area contributed by atoms with Gasteiger partial charge in [-0.15, -0.1) is 0 Å². The average Bonchev–Trinajstić information content (AvgIpc) is 2.89. The molecule has 1 aliphatic carbocycles. The second-order valence-corrected chi connectivity index (χ2v) is 8.15. The second-order valence-electron chi connectivity index (χ2n) is 5.70. The van der Waals surface area contributed by atoms with Crippen molar-refractivity contribution in [1.29, 1.82) is 0 Å². The van der Waals surface area contributed by atoms with E-state index in [1.165, 1.54) is 0 Å². The Morgan fingerprint density at radius 2 is 1.86 bits per heavy atom. The molecule has 1 saturated carbocycles. The Labute approximate surface area is 134 Å². The van der Waals surface area contributed by atoms with Gasteiger partial charge in [0.1, 0.15) is 5.60 Å². The van der Waals surface area contributed by atoms with Crippen molar-refractivity contribution in [2.75, 3.05) is 6.54 Å². The molecule has 1 aromatic rings. The van der Waals surface area contributed by atoms with Gasteiger partial charge in [0.05, 0.1) is 0 Å². The Kier molecular flexibility index (Phi) is 5.43. The van der Waals surface area contributed by atoms with Crippen LogP contribution in [0, 0.1) is 0 Å². The molecule has 21 heavy (non-hydrogen) atoms. The van der Waals surface area contributed by atoms with Gasteiger partial charge in [-0.2, -0.15) is 17.9 Å². The fraction of sp³-hybridized carbons (Fsp3) is 0.571. The zero-order valence-corrected chi connectivity index (χ0v) is 14.4. The topological polar surface area (TPSA) is 78.4 Å². The molecular formula is C14H21BrN2O3S. The van der Waals surface area contributed by atoms with Gasteiger partial charge in [-0.25, -0.2) is 0 Å². The van der Waals surface area contributed by atoms with Crippen LogP contribution in [-0.4, -0.2) is 26.1 Å². The third-order valence-electron chi connectivity index (χ3n) is 3.75. The van der Waals surface area contributed by atoms with Gasteiger partial charge in [0.15, 0.2) is 0 Å².